The van der Waals surface area contributed by atoms with Gasteiger partial charge in [-0.25, -0.2) is 0 Å². The third-order valence-corrected chi connectivity index (χ3v) is 3.71. The Morgan fingerprint density at radius 3 is 2.50 bits per heavy atom. The van der Waals surface area contributed by atoms with Crippen LogP contribution < -0.4 is 10.5 Å². The maximum atomic E-state index is 6.24. The summed E-state index contributed by atoms with van der Waals surface area (Å²) in [6.45, 7) is 6.31. The second kappa shape index (κ2) is 4.62. The number of hydrogen-bond acceptors (Lipinski definition) is 2. The number of fused-ring (bicyclic) bond motifs is 1. The number of hydrogen-bond donors (Lipinski definition) is 1. The van der Waals surface area contributed by atoms with Crippen molar-refractivity contribution in [2.24, 2.45) is 5.73 Å². The highest BCUT2D eigenvalue weighted by Gasteiger charge is 2.23. The number of methoxy groups -OCH3 is 1. The Morgan fingerprint density at radius 2 is 1.89 bits per heavy atom. The Balaban J connectivity index is 2.63. The van der Waals surface area contributed by atoms with Crippen molar-refractivity contribution in [3.8, 4) is 5.75 Å². The lowest BCUT2D eigenvalue weighted by atomic mass is 9.82. The van der Waals surface area contributed by atoms with Crippen LogP contribution in [-0.4, -0.2) is 12.6 Å². The summed E-state index contributed by atoms with van der Waals surface area (Å²) >= 11 is 0. The molecule has 0 aliphatic carbocycles. The molecule has 0 amide bonds. The molecule has 0 heterocycles. The molecule has 0 radical (unpaired) electrons. The van der Waals surface area contributed by atoms with Gasteiger partial charge in [0.05, 0.1) is 7.11 Å². The van der Waals surface area contributed by atoms with Crippen LogP contribution in [0.25, 0.3) is 10.8 Å². The zero-order valence-electron chi connectivity index (χ0n) is 11.5. The fraction of sp³-hybridized carbons (Fsp3) is 0.375. The lowest BCUT2D eigenvalue weighted by molar-refractivity contribution is 0.415. The van der Waals surface area contributed by atoms with Gasteiger partial charge in [-0.15, -0.1) is 0 Å². The average Bonchev–Trinajstić information content (AvgIpc) is 2.35. The lowest BCUT2D eigenvalue weighted by Crippen LogP contribution is -2.37. The van der Waals surface area contributed by atoms with Crippen molar-refractivity contribution in [3.63, 3.8) is 0 Å². The first-order valence-corrected chi connectivity index (χ1v) is 6.29. The van der Waals surface area contributed by atoms with E-state index in [9.17, 15) is 0 Å². The van der Waals surface area contributed by atoms with Gasteiger partial charge >= 0.3 is 0 Å². The first-order chi connectivity index (χ1) is 8.43. The molecule has 0 bridgehead atoms. The van der Waals surface area contributed by atoms with Gasteiger partial charge in [0.2, 0.25) is 0 Å². The van der Waals surface area contributed by atoms with Crippen LogP contribution in [0.1, 0.15) is 32.3 Å². The van der Waals surface area contributed by atoms with Crippen molar-refractivity contribution in [1.29, 1.82) is 0 Å². The Labute approximate surface area is 109 Å². The molecule has 1 unspecified atom stereocenters. The number of benzene rings is 2. The monoisotopic (exact) mass is 243 g/mol. The second-order valence-electron chi connectivity index (χ2n) is 5.48. The van der Waals surface area contributed by atoms with Gasteiger partial charge in [0, 0.05) is 5.54 Å². The minimum Gasteiger partial charge on any atom is -0.497 e. The fourth-order valence-electron chi connectivity index (χ4n) is 2.18. The molecule has 2 nitrogen and oxygen atoms in total. The summed E-state index contributed by atoms with van der Waals surface area (Å²) in [7, 11) is 1.69. The highest BCUT2D eigenvalue weighted by Crippen LogP contribution is 2.33. The molecule has 0 aromatic heterocycles. The van der Waals surface area contributed by atoms with E-state index in [2.05, 4.69) is 51.1 Å². The Hall–Kier alpha value is -1.54. The van der Waals surface area contributed by atoms with Crippen LogP contribution in [0.2, 0.25) is 0 Å². The summed E-state index contributed by atoms with van der Waals surface area (Å²) in [5, 5.41) is 2.45. The molecule has 96 valence electrons. The van der Waals surface area contributed by atoms with E-state index in [-0.39, 0.29) is 11.5 Å². The van der Waals surface area contributed by atoms with Gasteiger partial charge in [-0.1, -0.05) is 31.2 Å². The summed E-state index contributed by atoms with van der Waals surface area (Å²) in [6, 6.07) is 12.5. The van der Waals surface area contributed by atoms with Crippen LogP contribution in [0.4, 0.5) is 0 Å². The molecule has 0 saturated carbocycles. The summed E-state index contributed by atoms with van der Waals surface area (Å²) in [4.78, 5) is 0. The second-order valence-corrected chi connectivity index (χ2v) is 5.48. The summed E-state index contributed by atoms with van der Waals surface area (Å²) in [5.41, 5.74) is 7.28. The highest BCUT2D eigenvalue weighted by molar-refractivity contribution is 5.87. The zero-order valence-corrected chi connectivity index (χ0v) is 11.5. The molecule has 0 saturated heterocycles. The molecule has 1 atom stereocenters. The van der Waals surface area contributed by atoms with Gasteiger partial charge in [-0.2, -0.15) is 0 Å². The standard InChI is InChI=1S/C16H21NO/c1-11(16(2,3)17)14-7-5-6-12-8-9-13(18-4)10-15(12)14/h5-11H,17H2,1-4H3. The van der Waals surface area contributed by atoms with E-state index in [1.165, 1.54) is 16.3 Å². The average molecular weight is 243 g/mol. The largest absolute Gasteiger partial charge is 0.497 e. The van der Waals surface area contributed by atoms with Crippen molar-refractivity contribution in [2.75, 3.05) is 7.11 Å². The molecule has 0 spiro atoms. The lowest BCUT2D eigenvalue weighted by Gasteiger charge is -2.28. The van der Waals surface area contributed by atoms with Crippen LogP contribution in [0, 0.1) is 0 Å². The van der Waals surface area contributed by atoms with E-state index in [0.717, 1.165) is 5.75 Å². The van der Waals surface area contributed by atoms with E-state index < -0.39 is 0 Å². The van der Waals surface area contributed by atoms with Crippen molar-refractivity contribution in [2.45, 2.75) is 32.2 Å². The van der Waals surface area contributed by atoms with Crippen LogP contribution >= 0.6 is 0 Å². The van der Waals surface area contributed by atoms with Crippen molar-refractivity contribution >= 4 is 10.8 Å². The smallest absolute Gasteiger partial charge is 0.119 e. The van der Waals surface area contributed by atoms with Crippen LogP contribution in [0.15, 0.2) is 36.4 Å². The molecule has 0 aliphatic rings. The molecule has 2 aromatic carbocycles. The number of ether oxygens (including phenoxy) is 1. The first-order valence-electron chi connectivity index (χ1n) is 6.29. The minimum absolute atomic E-state index is 0.239. The topological polar surface area (TPSA) is 35.2 Å². The van der Waals surface area contributed by atoms with Gasteiger partial charge in [-0.05, 0) is 48.2 Å². The fourth-order valence-corrected chi connectivity index (χ4v) is 2.18. The Morgan fingerprint density at radius 1 is 1.17 bits per heavy atom. The van der Waals surface area contributed by atoms with Gasteiger partial charge < -0.3 is 10.5 Å². The normalized spacial score (nSPS) is 13.6. The predicted octanol–water partition coefficient (Wildman–Crippen LogP) is 3.69. The quantitative estimate of drug-likeness (QED) is 0.892. The molecule has 18 heavy (non-hydrogen) atoms. The van der Waals surface area contributed by atoms with E-state index in [4.69, 9.17) is 10.5 Å². The van der Waals surface area contributed by atoms with E-state index in [1.54, 1.807) is 7.11 Å². The minimum atomic E-state index is -0.239. The SMILES string of the molecule is COc1ccc2cccc(C(C)C(C)(C)N)c2c1. The molecule has 0 aliphatic heterocycles. The maximum absolute atomic E-state index is 6.24. The zero-order chi connectivity index (χ0) is 13.3. The number of nitrogens with two attached hydrogens (primary N) is 1. The summed E-state index contributed by atoms with van der Waals surface area (Å²) < 4.78 is 5.31. The van der Waals surface area contributed by atoms with Crippen molar-refractivity contribution < 1.29 is 4.74 Å². The third kappa shape index (κ3) is 2.34. The van der Waals surface area contributed by atoms with Gasteiger partial charge in [0.25, 0.3) is 0 Å². The molecule has 2 rings (SSSR count). The molecule has 2 heteroatoms. The Kier molecular flexibility index (Phi) is 3.31. The summed E-state index contributed by atoms with van der Waals surface area (Å²) in [6.07, 6.45) is 0. The molecule has 0 fully saturated rings. The number of rotatable bonds is 3. The molecular weight excluding hydrogens is 222 g/mol. The van der Waals surface area contributed by atoms with Gasteiger partial charge in [0.1, 0.15) is 5.75 Å². The first kappa shape index (κ1) is 12.9. The van der Waals surface area contributed by atoms with Crippen molar-refractivity contribution in [3.05, 3.63) is 42.0 Å². The molecular formula is C16H21NO. The van der Waals surface area contributed by atoms with Crippen LogP contribution in [0.3, 0.4) is 0 Å². The maximum Gasteiger partial charge on any atom is 0.119 e. The van der Waals surface area contributed by atoms with E-state index in [1.807, 2.05) is 6.07 Å². The van der Waals surface area contributed by atoms with Gasteiger partial charge in [-0.3, -0.25) is 0 Å². The molecule has 2 aromatic rings. The molecule has 2 N–H and O–H groups in total. The van der Waals surface area contributed by atoms with Crippen LogP contribution in [-0.2, 0) is 0 Å². The Bertz CT molecular complexity index is 555. The highest BCUT2D eigenvalue weighted by atomic mass is 16.5. The van der Waals surface area contributed by atoms with Crippen LogP contribution in [0.5, 0.6) is 5.75 Å². The summed E-state index contributed by atoms with van der Waals surface area (Å²) in [5.74, 6) is 1.17. The van der Waals surface area contributed by atoms with E-state index in [0.29, 0.717) is 0 Å². The third-order valence-electron chi connectivity index (χ3n) is 3.71. The van der Waals surface area contributed by atoms with Gasteiger partial charge in [0.15, 0.2) is 0 Å². The predicted molar refractivity (Wildman–Crippen MR) is 77.2 cm³/mol. The van der Waals surface area contributed by atoms with Crippen molar-refractivity contribution in [1.82, 2.24) is 0 Å². The van der Waals surface area contributed by atoms with E-state index >= 15 is 0 Å².